The lowest BCUT2D eigenvalue weighted by atomic mass is 9.92. The molecule has 94 valence electrons. The monoisotopic (exact) mass is 235 g/mol. The van der Waals surface area contributed by atoms with Crippen LogP contribution < -0.4 is 4.74 Å². The first-order valence-electron chi connectivity index (χ1n) is 6.12. The number of benzene rings is 1. The van der Waals surface area contributed by atoms with Crippen LogP contribution in [0.5, 0.6) is 5.75 Å². The minimum absolute atomic E-state index is 0.0516. The van der Waals surface area contributed by atoms with Crippen LogP contribution in [0.15, 0.2) is 24.3 Å². The number of morpholine rings is 1. The second-order valence-corrected chi connectivity index (χ2v) is 4.89. The van der Waals surface area contributed by atoms with Crippen molar-refractivity contribution in [1.82, 2.24) is 4.90 Å². The van der Waals surface area contributed by atoms with Crippen LogP contribution in [0.3, 0.4) is 0 Å². The van der Waals surface area contributed by atoms with E-state index in [1.807, 2.05) is 12.1 Å². The molecule has 17 heavy (non-hydrogen) atoms. The summed E-state index contributed by atoms with van der Waals surface area (Å²) in [5.74, 6) is 0.909. The number of nitrogens with zero attached hydrogens (tertiary/aromatic N) is 1. The second-order valence-electron chi connectivity index (χ2n) is 4.89. The summed E-state index contributed by atoms with van der Waals surface area (Å²) in [6, 6.07) is 8.34. The minimum atomic E-state index is 0.0516. The van der Waals surface area contributed by atoms with E-state index in [0.29, 0.717) is 0 Å². The summed E-state index contributed by atoms with van der Waals surface area (Å²) in [5.41, 5.74) is 1.37. The molecule has 2 rings (SSSR count). The zero-order valence-electron chi connectivity index (χ0n) is 10.9. The van der Waals surface area contributed by atoms with Crippen LogP contribution in [-0.4, -0.2) is 38.3 Å². The zero-order valence-corrected chi connectivity index (χ0v) is 10.9. The van der Waals surface area contributed by atoms with Gasteiger partial charge in [0.25, 0.3) is 0 Å². The third-order valence-corrected chi connectivity index (χ3v) is 3.60. The Morgan fingerprint density at radius 1 is 1.12 bits per heavy atom. The highest BCUT2D eigenvalue weighted by atomic mass is 16.5. The fourth-order valence-electron chi connectivity index (χ4n) is 2.30. The molecule has 0 radical (unpaired) electrons. The average Bonchev–Trinajstić information content (AvgIpc) is 2.40. The molecule has 0 unspecified atom stereocenters. The van der Waals surface area contributed by atoms with Crippen molar-refractivity contribution in [1.29, 1.82) is 0 Å². The summed E-state index contributed by atoms with van der Waals surface area (Å²) >= 11 is 0. The second kappa shape index (κ2) is 5.07. The Bertz CT molecular complexity index is 353. The molecule has 3 heteroatoms. The van der Waals surface area contributed by atoms with Crippen LogP contribution in [-0.2, 0) is 10.3 Å². The van der Waals surface area contributed by atoms with Gasteiger partial charge in [-0.2, -0.15) is 0 Å². The van der Waals surface area contributed by atoms with Gasteiger partial charge in [-0.25, -0.2) is 0 Å². The molecule has 1 saturated heterocycles. The van der Waals surface area contributed by atoms with Crippen LogP contribution in [0.25, 0.3) is 0 Å². The van der Waals surface area contributed by atoms with Gasteiger partial charge < -0.3 is 9.47 Å². The first-order chi connectivity index (χ1) is 8.14. The van der Waals surface area contributed by atoms with Gasteiger partial charge >= 0.3 is 0 Å². The van der Waals surface area contributed by atoms with Crippen LogP contribution >= 0.6 is 0 Å². The van der Waals surface area contributed by atoms with E-state index in [1.165, 1.54) is 5.56 Å². The lowest BCUT2D eigenvalue weighted by molar-refractivity contribution is -0.0118. The lowest BCUT2D eigenvalue weighted by Gasteiger charge is -2.41. The summed E-state index contributed by atoms with van der Waals surface area (Å²) in [5, 5.41) is 0. The maximum absolute atomic E-state index is 5.41. The van der Waals surface area contributed by atoms with Gasteiger partial charge in [-0.3, -0.25) is 4.90 Å². The predicted octanol–water partition coefficient (Wildman–Crippen LogP) is 2.26. The standard InChI is InChI=1S/C14H21NO2/c1-14(2,15-8-10-17-11-9-15)12-4-6-13(16-3)7-5-12/h4-7H,8-11H2,1-3H3. The van der Waals surface area contributed by atoms with Gasteiger partial charge in [0.15, 0.2) is 0 Å². The highest BCUT2D eigenvalue weighted by Crippen LogP contribution is 2.29. The van der Waals surface area contributed by atoms with Crippen molar-refractivity contribution in [3.8, 4) is 5.75 Å². The summed E-state index contributed by atoms with van der Waals surface area (Å²) in [4.78, 5) is 2.47. The zero-order chi connectivity index (χ0) is 12.3. The van der Waals surface area contributed by atoms with Crippen molar-refractivity contribution >= 4 is 0 Å². The van der Waals surface area contributed by atoms with E-state index < -0.39 is 0 Å². The molecule has 1 aromatic carbocycles. The van der Waals surface area contributed by atoms with Gasteiger partial charge in [0.1, 0.15) is 5.75 Å². The molecular formula is C14H21NO2. The molecule has 1 heterocycles. The third-order valence-electron chi connectivity index (χ3n) is 3.60. The van der Waals surface area contributed by atoms with Crippen LogP contribution in [0.1, 0.15) is 19.4 Å². The summed E-state index contributed by atoms with van der Waals surface area (Å²) in [6.45, 7) is 8.19. The van der Waals surface area contributed by atoms with Gasteiger partial charge in [-0.05, 0) is 31.5 Å². The molecule has 1 fully saturated rings. The summed E-state index contributed by atoms with van der Waals surface area (Å²) in [7, 11) is 1.70. The maximum atomic E-state index is 5.41. The Morgan fingerprint density at radius 3 is 2.24 bits per heavy atom. The van der Waals surface area contributed by atoms with E-state index in [-0.39, 0.29) is 5.54 Å². The van der Waals surface area contributed by atoms with Gasteiger partial charge in [-0.15, -0.1) is 0 Å². The Hall–Kier alpha value is -1.06. The average molecular weight is 235 g/mol. The number of hydrogen-bond donors (Lipinski definition) is 0. The van der Waals surface area contributed by atoms with E-state index in [0.717, 1.165) is 32.1 Å². The van der Waals surface area contributed by atoms with Crippen molar-refractivity contribution in [2.45, 2.75) is 19.4 Å². The maximum Gasteiger partial charge on any atom is 0.118 e. The number of rotatable bonds is 3. The molecule has 1 aliphatic rings. The molecule has 0 aliphatic carbocycles. The van der Waals surface area contributed by atoms with E-state index in [2.05, 4.69) is 30.9 Å². The fraction of sp³-hybridized carbons (Fsp3) is 0.571. The Labute approximate surface area is 103 Å². The Morgan fingerprint density at radius 2 is 1.71 bits per heavy atom. The Kier molecular flexibility index (Phi) is 3.69. The first-order valence-corrected chi connectivity index (χ1v) is 6.12. The molecule has 1 aliphatic heterocycles. The molecule has 0 spiro atoms. The molecular weight excluding hydrogens is 214 g/mol. The van der Waals surface area contributed by atoms with Crippen LogP contribution in [0.2, 0.25) is 0 Å². The molecule has 1 aromatic rings. The highest BCUT2D eigenvalue weighted by Gasteiger charge is 2.29. The molecule has 0 N–H and O–H groups in total. The van der Waals surface area contributed by atoms with Gasteiger partial charge in [0, 0.05) is 18.6 Å². The fourth-order valence-corrected chi connectivity index (χ4v) is 2.30. The predicted molar refractivity (Wildman–Crippen MR) is 68.4 cm³/mol. The molecule has 0 amide bonds. The van der Waals surface area contributed by atoms with E-state index in [9.17, 15) is 0 Å². The third kappa shape index (κ3) is 2.61. The number of methoxy groups -OCH3 is 1. The normalized spacial score (nSPS) is 18.1. The number of ether oxygens (including phenoxy) is 2. The van der Waals surface area contributed by atoms with Gasteiger partial charge in [-0.1, -0.05) is 12.1 Å². The van der Waals surface area contributed by atoms with E-state index in [1.54, 1.807) is 7.11 Å². The largest absolute Gasteiger partial charge is 0.497 e. The molecule has 3 nitrogen and oxygen atoms in total. The smallest absolute Gasteiger partial charge is 0.118 e. The van der Waals surface area contributed by atoms with Crippen LogP contribution in [0.4, 0.5) is 0 Å². The SMILES string of the molecule is COc1ccc(C(C)(C)N2CCOCC2)cc1. The molecule has 0 atom stereocenters. The summed E-state index contributed by atoms with van der Waals surface area (Å²) in [6.07, 6.45) is 0. The van der Waals surface area contributed by atoms with Crippen molar-refractivity contribution in [3.05, 3.63) is 29.8 Å². The van der Waals surface area contributed by atoms with E-state index in [4.69, 9.17) is 9.47 Å². The van der Waals surface area contributed by atoms with Crippen LogP contribution in [0, 0.1) is 0 Å². The van der Waals surface area contributed by atoms with Gasteiger partial charge in [0.2, 0.25) is 0 Å². The van der Waals surface area contributed by atoms with Crippen molar-refractivity contribution < 1.29 is 9.47 Å². The van der Waals surface area contributed by atoms with Crippen molar-refractivity contribution in [2.24, 2.45) is 0 Å². The number of hydrogen-bond acceptors (Lipinski definition) is 3. The topological polar surface area (TPSA) is 21.7 Å². The Balaban J connectivity index is 2.17. The van der Waals surface area contributed by atoms with E-state index >= 15 is 0 Å². The van der Waals surface area contributed by atoms with Crippen molar-refractivity contribution in [2.75, 3.05) is 33.4 Å². The molecule has 0 bridgehead atoms. The van der Waals surface area contributed by atoms with Gasteiger partial charge in [0.05, 0.1) is 20.3 Å². The highest BCUT2D eigenvalue weighted by molar-refractivity contribution is 5.31. The molecule has 0 aromatic heterocycles. The minimum Gasteiger partial charge on any atom is -0.497 e. The molecule has 0 saturated carbocycles. The van der Waals surface area contributed by atoms with Crippen molar-refractivity contribution in [3.63, 3.8) is 0 Å². The summed E-state index contributed by atoms with van der Waals surface area (Å²) < 4.78 is 10.6. The quantitative estimate of drug-likeness (QED) is 0.802. The first kappa shape index (κ1) is 12.4. The lowest BCUT2D eigenvalue weighted by Crippen LogP contribution is -2.47.